The Bertz CT molecular complexity index is 194. The Morgan fingerprint density at radius 1 is 0.700 bits per heavy atom. The third kappa shape index (κ3) is 16.0. The maximum atomic E-state index is 10.3. The van der Waals surface area contributed by atoms with Gasteiger partial charge >= 0.3 is 0 Å². The van der Waals surface area contributed by atoms with E-state index in [1.165, 1.54) is 83.5 Å². The Balaban J connectivity index is 2.97. The fourth-order valence-electron chi connectivity index (χ4n) is 2.60. The molecular weight excluding hydrogens is 268 g/mol. The molecular formula is C18H35ClO. The molecule has 0 rings (SSSR count). The van der Waals surface area contributed by atoms with E-state index in [-0.39, 0.29) is 5.38 Å². The molecule has 0 aliphatic carbocycles. The highest BCUT2D eigenvalue weighted by atomic mass is 35.5. The smallest absolute Gasteiger partial charge is 0.137 e. The van der Waals surface area contributed by atoms with Gasteiger partial charge in [0.15, 0.2) is 0 Å². The highest BCUT2D eigenvalue weighted by Crippen LogP contribution is 2.14. The molecule has 1 atom stereocenters. The summed E-state index contributed by atoms with van der Waals surface area (Å²) in [6.45, 7) is 2.27. The molecule has 0 N–H and O–H groups in total. The van der Waals surface area contributed by atoms with E-state index in [0.29, 0.717) is 0 Å². The number of halogens is 1. The summed E-state index contributed by atoms with van der Waals surface area (Å²) in [4.78, 5) is 10.3. The molecule has 2 heteroatoms. The second-order valence-corrected chi connectivity index (χ2v) is 6.60. The molecule has 1 unspecified atom stereocenters. The monoisotopic (exact) mass is 302 g/mol. The molecule has 0 aliphatic rings. The van der Waals surface area contributed by atoms with Crippen molar-refractivity contribution in [1.29, 1.82) is 0 Å². The van der Waals surface area contributed by atoms with Crippen molar-refractivity contribution in [1.82, 2.24) is 0 Å². The topological polar surface area (TPSA) is 17.1 Å². The van der Waals surface area contributed by atoms with Crippen LogP contribution >= 0.6 is 11.6 Å². The standard InChI is InChI=1S/C18H35ClO/c1-2-3-4-5-6-7-8-9-10-11-12-13-14-15-16-18(19)17-20/h17-18H,2-16H2,1H3. The summed E-state index contributed by atoms with van der Waals surface area (Å²) >= 11 is 5.75. The van der Waals surface area contributed by atoms with Crippen LogP contribution in [0.25, 0.3) is 0 Å². The van der Waals surface area contributed by atoms with Gasteiger partial charge in [-0.05, 0) is 6.42 Å². The number of hydrogen-bond acceptors (Lipinski definition) is 1. The van der Waals surface area contributed by atoms with Crippen molar-refractivity contribution in [3.05, 3.63) is 0 Å². The van der Waals surface area contributed by atoms with Gasteiger partial charge in [0.2, 0.25) is 0 Å². The lowest BCUT2D eigenvalue weighted by Crippen LogP contribution is -1.98. The van der Waals surface area contributed by atoms with Crippen LogP contribution in [-0.4, -0.2) is 11.7 Å². The van der Waals surface area contributed by atoms with Gasteiger partial charge in [0, 0.05) is 0 Å². The first-order valence-electron chi connectivity index (χ1n) is 8.90. The molecule has 0 saturated heterocycles. The summed E-state index contributed by atoms with van der Waals surface area (Å²) in [5.41, 5.74) is 0. The first kappa shape index (κ1) is 20.0. The number of unbranched alkanes of at least 4 members (excludes halogenated alkanes) is 13. The number of carbonyl (C=O) groups is 1. The lowest BCUT2D eigenvalue weighted by Gasteiger charge is -2.03. The van der Waals surface area contributed by atoms with Gasteiger partial charge in [-0.25, -0.2) is 0 Å². The lowest BCUT2D eigenvalue weighted by molar-refractivity contribution is -0.107. The van der Waals surface area contributed by atoms with Crippen LogP contribution in [0.5, 0.6) is 0 Å². The second kappa shape index (κ2) is 17.0. The summed E-state index contributed by atoms with van der Waals surface area (Å²) in [7, 11) is 0. The Morgan fingerprint density at radius 3 is 1.40 bits per heavy atom. The van der Waals surface area contributed by atoms with Crippen molar-refractivity contribution in [3.8, 4) is 0 Å². The Labute approximate surface area is 131 Å². The van der Waals surface area contributed by atoms with Crippen LogP contribution < -0.4 is 0 Å². The minimum atomic E-state index is -0.257. The number of carbonyl (C=O) groups excluding carboxylic acids is 1. The van der Waals surface area contributed by atoms with Gasteiger partial charge in [0.25, 0.3) is 0 Å². The van der Waals surface area contributed by atoms with Crippen LogP contribution in [0.3, 0.4) is 0 Å². The maximum absolute atomic E-state index is 10.3. The fraction of sp³-hybridized carbons (Fsp3) is 0.944. The molecule has 0 spiro atoms. The minimum Gasteiger partial charge on any atom is -0.302 e. The number of rotatable bonds is 16. The zero-order valence-corrected chi connectivity index (χ0v) is 14.3. The van der Waals surface area contributed by atoms with E-state index < -0.39 is 0 Å². The Kier molecular flexibility index (Phi) is 17.0. The molecule has 20 heavy (non-hydrogen) atoms. The summed E-state index contributed by atoms with van der Waals surface area (Å²) < 4.78 is 0. The molecule has 0 aliphatic heterocycles. The summed E-state index contributed by atoms with van der Waals surface area (Å²) in [6.07, 6.45) is 20.8. The summed E-state index contributed by atoms with van der Waals surface area (Å²) in [6, 6.07) is 0. The Hall–Kier alpha value is -0.0400. The van der Waals surface area contributed by atoms with E-state index >= 15 is 0 Å². The summed E-state index contributed by atoms with van der Waals surface area (Å²) in [5, 5.41) is -0.257. The zero-order chi connectivity index (χ0) is 14.9. The molecule has 0 bridgehead atoms. The molecule has 0 amide bonds. The highest BCUT2D eigenvalue weighted by Gasteiger charge is 2.00. The maximum Gasteiger partial charge on any atom is 0.137 e. The first-order chi connectivity index (χ1) is 9.81. The predicted molar refractivity (Wildman–Crippen MR) is 90.6 cm³/mol. The molecule has 0 radical (unpaired) electrons. The average molecular weight is 303 g/mol. The molecule has 0 saturated carbocycles. The minimum absolute atomic E-state index is 0.257. The Morgan fingerprint density at radius 2 is 1.05 bits per heavy atom. The van der Waals surface area contributed by atoms with Gasteiger partial charge in [0.1, 0.15) is 6.29 Å². The molecule has 120 valence electrons. The van der Waals surface area contributed by atoms with Crippen LogP contribution in [0.1, 0.15) is 103 Å². The molecule has 1 nitrogen and oxygen atoms in total. The normalized spacial score (nSPS) is 12.5. The van der Waals surface area contributed by atoms with Crippen molar-refractivity contribution in [3.63, 3.8) is 0 Å². The van der Waals surface area contributed by atoms with Crippen molar-refractivity contribution in [2.45, 2.75) is 109 Å². The van der Waals surface area contributed by atoms with Crippen molar-refractivity contribution < 1.29 is 4.79 Å². The van der Waals surface area contributed by atoms with Gasteiger partial charge in [-0.1, -0.05) is 96.8 Å². The van der Waals surface area contributed by atoms with E-state index in [0.717, 1.165) is 19.1 Å². The van der Waals surface area contributed by atoms with Crippen LogP contribution in [0.15, 0.2) is 0 Å². The molecule has 0 aromatic rings. The van der Waals surface area contributed by atoms with Crippen molar-refractivity contribution in [2.75, 3.05) is 0 Å². The van der Waals surface area contributed by atoms with Crippen LogP contribution in [0.2, 0.25) is 0 Å². The zero-order valence-electron chi connectivity index (χ0n) is 13.5. The summed E-state index contributed by atoms with van der Waals surface area (Å²) in [5.74, 6) is 0. The second-order valence-electron chi connectivity index (χ2n) is 6.04. The van der Waals surface area contributed by atoms with Crippen molar-refractivity contribution >= 4 is 17.9 Å². The van der Waals surface area contributed by atoms with Crippen LogP contribution in [-0.2, 0) is 4.79 Å². The molecule has 0 aromatic carbocycles. The average Bonchev–Trinajstić information content (AvgIpc) is 2.47. The highest BCUT2D eigenvalue weighted by molar-refractivity contribution is 6.27. The number of alkyl halides is 1. The van der Waals surface area contributed by atoms with E-state index in [1.54, 1.807) is 0 Å². The fourth-order valence-corrected chi connectivity index (χ4v) is 2.76. The predicted octanol–water partition coefficient (Wildman–Crippen LogP) is 6.66. The quantitative estimate of drug-likeness (QED) is 0.177. The van der Waals surface area contributed by atoms with E-state index in [9.17, 15) is 4.79 Å². The van der Waals surface area contributed by atoms with Crippen molar-refractivity contribution in [2.24, 2.45) is 0 Å². The van der Waals surface area contributed by atoms with Gasteiger partial charge in [-0.3, -0.25) is 0 Å². The van der Waals surface area contributed by atoms with Crippen LogP contribution in [0, 0.1) is 0 Å². The van der Waals surface area contributed by atoms with Gasteiger partial charge in [0.05, 0.1) is 5.38 Å². The van der Waals surface area contributed by atoms with Gasteiger partial charge < -0.3 is 4.79 Å². The van der Waals surface area contributed by atoms with Crippen LogP contribution in [0.4, 0.5) is 0 Å². The molecule has 0 heterocycles. The van der Waals surface area contributed by atoms with Gasteiger partial charge in [-0.15, -0.1) is 11.6 Å². The van der Waals surface area contributed by atoms with E-state index in [4.69, 9.17) is 11.6 Å². The lowest BCUT2D eigenvalue weighted by atomic mass is 10.0. The third-order valence-electron chi connectivity index (χ3n) is 3.98. The molecule has 0 fully saturated rings. The first-order valence-corrected chi connectivity index (χ1v) is 9.34. The van der Waals surface area contributed by atoms with E-state index in [2.05, 4.69) is 6.92 Å². The third-order valence-corrected chi connectivity index (χ3v) is 4.30. The number of aldehydes is 1. The van der Waals surface area contributed by atoms with Gasteiger partial charge in [-0.2, -0.15) is 0 Å². The largest absolute Gasteiger partial charge is 0.302 e. The molecule has 0 aromatic heterocycles. The van der Waals surface area contributed by atoms with E-state index in [1.807, 2.05) is 0 Å². The number of hydrogen-bond donors (Lipinski definition) is 0. The SMILES string of the molecule is CCCCCCCCCCCCCCCCC(Cl)C=O.